The molecule has 0 saturated heterocycles. The molecule has 0 heterocycles. The predicted octanol–water partition coefficient (Wildman–Crippen LogP) is 2.30. The van der Waals surface area contributed by atoms with E-state index < -0.39 is 0 Å². The molecule has 0 nitrogen and oxygen atoms in total. The second-order valence-electron chi connectivity index (χ2n) is 2.90. The zero-order chi connectivity index (χ0) is 7.40. The number of rotatable bonds is 0. The molecular weight excluding hydrogens is 139 g/mol. The molecule has 1 aliphatic carbocycles. The minimum atomic E-state index is 0.601. The molecular formula is C8H13BS. The molecule has 0 fully saturated rings. The summed E-state index contributed by atoms with van der Waals surface area (Å²) in [6.45, 7) is 0. The molecule has 0 bridgehead atoms. The molecule has 54 valence electrons. The van der Waals surface area contributed by atoms with Gasteiger partial charge >= 0.3 is 0 Å². The van der Waals surface area contributed by atoms with Gasteiger partial charge in [-0.15, -0.1) is 5.47 Å². The quantitative estimate of drug-likeness (QED) is 0.399. The van der Waals surface area contributed by atoms with Crippen molar-refractivity contribution in [2.75, 3.05) is 0 Å². The van der Waals surface area contributed by atoms with E-state index in [0.29, 0.717) is 5.25 Å². The highest BCUT2D eigenvalue weighted by molar-refractivity contribution is 7.80. The summed E-state index contributed by atoms with van der Waals surface area (Å²) in [6, 6.07) is 0. The maximum absolute atomic E-state index is 5.69. The molecule has 1 aliphatic rings. The summed E-state index contributed by atoms with van der Waals surface area (Å²) in [4.78, 5) is 0. The molecule has 1 unspecified atom stereocenters. The van der Waals surface area contributed by atoms with E-state index in [4.69, 9.17) is 7.85 Å². The molecule has 0 amide bonds. The lowest BCUT2D eigenvalue weighted by Crippen LogP contribution is -2.01. The molecule has 2 radical (unpaired) electrons. The van der Waals surface area contributed by atoms with Gasteiger partial charge < -0.3 is 0 Å². The van der Waals surface area contributed by atoms with Crippen molar-refractivity contribution in [2.24, 2.45) is 0 Å². The van der Waals surface area contributed by atoms with Crippen molar-refractivity contribution in [3.63, 3.8) is 0 Å². The summed E-state index contributed by atoms with van der Waals surface area (Å²) in [5, 5.41) is 0.601. The Morgan fingerprint density at radius 2 is 2.30 bits per heavy atom. The van der Waals surface area contributed by atoms with Gasteiger partial charge in [0.25, 0.3) is 0 Å². The summed E-state index contributed by atoms with van der Waals surface area (Å²) < 4.78 is 0. The van der Waals surface area contributed by atoms with Crippen LogP contribution < -0.4 is 0 Å². The topological polar surface area (TPSA) is 0 Å². The first kappa shape index (κ1) is 8.25. The van der Waals surface area contributed by atoms with Gasteiger partial charge in [-0.3, -0.25) is 0 Å². The van der Waals surface area contributed by atoms with Crippen LogP contribution in [0.4, 0.5) is 0 Å². The fraction of sp³-hybridized carbons (Fsp3) is 0.750. The number of allylic oxidation sites excluding steroid dienone is 2. The van der Waals surface area contributed by atoms with Gasteiger partial charge in [0.1, 0.15) is 7.85 Å². The Kier molecular flexibility index (Phi) is 3.40. The Balaban J connectivity index is 2.38. The van der Waals surface area contributed by atoms with Crippen LogP contribution >= 0.6 is 12.6 Å². The molecule has 0 aromatic rings. The minimum Gasteiger partial charge on any atom is -0.176 e. The maximum Gasteiger partial charge on any atom is 0.107 e. The van der Waals surface area contributed by atoms with E-state index in [1.54, 1.807) is 0 Å². The molecule has 1 rings (SSSR count). The van der Waals surface area contributed by atoms with Crippen LogP contribution in [0, 0.1) is 0 Å². The van der Waals surface area contributed by atoms with E-state index in [9.17, 15) is 0 Å². The Bertz CT molecular complexity index is 131. The minimum absolute atomic E-state index is 0.601. The second kappa shape index (κ2) is 4.12. The lowest BCUT2D eigenvalue weighted by atomic mass is 9.87. The van der Waals surface area contributed by atoms with Gasteiger partial charge in [0.05, 0.1) is 0 Å². The summed E-state index contributed by atoms with van der Waals surface area (Å²) in [5.41, 5.74) is 1.07. The molecule has 0 spiro atoms. The zero-order valence-corrected chi connectivity index (χ0v) is 7.11. The first-order chi connectivity index (χ1) is 4.79. The van der Waals surface area contributed by atoms with Crippen LogP contribution in [0.5, 0.6) is 0 Å². The first-order valence-corrected chi connectivity index (χ1v) is 4.43. The molecule has 0 aromatic carbocycles. The third-order valence-electron chi connectivity index (χ3n) is 1.91. The summed E-state index contributed by atoms with van der Waals surface area (Å²) in [7, 11) is 5.69. The third-order valence-corrected chi connectivity index (χ3v) is 2.43. The van der Waals surface area contributed by atoms with Crippen molar-refractivity contribution >= 4 is 20.5 Å². The molecule has 0 aliphatic heterocycles. The van der Waals surface area contributed by atoms with Crippen LogP contribution in [-0.4, -0.2) is 13.1 Å². The van der Waals surface area contributed by atoms with E-state index in [1.165, 1.54) is 19.3 Å². The smallest absolute Gasteiger partial charge is 0.107 e. The molecule has 1 atom stereocenters. The van der Waals surface area contributed by atoms with Crippen LogP contribution in [0.3, 0.4) is 0 Å². The van der Waals surface area contributed by atoms with Gasteiger partial charge in [-0.05, 0) is 32.1 Å². The average Bonchev–Trinajstić information content (AvgIpc) is 1.84. The van der Waals surface area contributed by atoms with Crippen LogP contribution in [0.25, 0.3) is 0 Å². The lowest BCUT2D eigenvalue weighted by Gasteiger charge is -2.12. The zero-order valence-electron chi connectivity index (χ0n) is 6.21. The largest absolute Gasteiger partial charge is 0.176 e. The summed E-state index contributed by atoms with van der Waals surface area (Å²) >= 11 is 4.44. The van der Waals surface area contributed by atoms with Gasteiger partial charge in [-0.25, -0.2) is 0 Å². The highest BCUT2D eigenvalue weighted by Gasteiger charge is 2.04. The van der Waals surface area contributed by atoms with E-state index in [2.05, 4.69) is 18.7 Å². The van der Waals surface area contributed by atoms with Gasteiger partial charge in [-0.1, -0.05) is 6.08 Å². The SMILES string of the molecule is [B]/C1=C\CCC(S)CCC1. The molecule has 10 heavy (non-hydrogen) atoms. The predicted molar refractivity (Wildman–Crippen MR) is 49.7 cm³/mol. The van der Waals surface area contributed by atoms with E-state index >= 15 is 0 Å². The van der Waals surface area contributed by atoms with Crippen molar-refractivity contribution < 1.29 is 0 Å². The van der Waals surface area contributed by atoms with Crippen molar-refractivity contribution in [2.45, 2.75) is 37.4 Å². The monoisotopic (exact) mass is 152 g/mol. The van der Waals surface area contributed by atoms with Crippen LogP contribution in [0.2, 0.25) is 0 Å². The number of hydrogen-bond acceptors (Lipinski definition) is 1. The highest BCUT2D eigenvalue weighted by atomic mass is 32.1. The van der Waals surface area contributed by atoms with Crippen molar-refractivity contribution in [3.05, 3.63) is 11.5 Å². The van der Waals surface area contributed by atoms with Gasteiger partial charge in [0, 0.05) is 5.25 Å². The number of thiol groups is 1. The van der Waals surface area contributed by atoms with Crippen LogP contribution in [-0.2, 0) is 0 Å². The van der Waals surface area contributed by atoms with Crippen LogP contribution in [0.15, 0.2) is 11.5 Å². The number of hydrogen-bond donors (Lipinski definition) is 1. The van der Waals surface area contributed by atoms with Crippen molar-refractivity contribution in [1.29, 1.82) is 0 Å². The Hall–Kier alpha value is 0.155. The Morgan fingerprint density at radius 1 is 1.50 bits per heavy atom. The van der Waals surface area contributed by atoms with Gasteiger partial charge in [-0.2, -0.15) is 12.6 Å². The molecule has 0 saturated carbocycles. The lowest BCUT2D eigenvalue weighted by molar-refractivity contribution is 0.652. The first-order valence-electron chi connectivity index (χ1n) is 3.91. The third kappa shape index (κ3) is 2.83. The van der Waals surface area contributed by atoms with Crippen molar-refractivity contribution in [1.82, 2.24) is 0 Å². The van der Waals surface area contributed by atoms with Crippen LogP contribution in [0.1, 0.15) is 32.1 Å². The Labute approximate surface area is 69.9 Å². The normalized spacial score (nSPS) is 33.7. The van der Waals surface area contributed by atoms with Gasteiger partial charge in [0.2, 0.25) is 0 Å². The van der Waals surface area contributed by atoms with Crippen molar-refractivity contribution in [3.8, 4) is 0 Å². The highest BCUT2D eigenvalue weighted by Crippen LogP contribution is 2.18. The average molecular weight is 152 g/mol. The summed E-state index contributed by atoms with van der Waals surface area (Å²) in [5.74, 6) is 0. The van der Waals surface area contributed by atoms with Gasteiger partial charge in [0.15, 0.2) is 0 Å². The van der Waals surface area contributed by atoms with E-state index in [1.807, 2.05) is 0 Å². The standard InChI is InChI=1S/C8H13BS/c9-7-3-1-5-8(10)6-2-4-7/h3,8,10H,1-2,4-6H2/b7-3-. The second-order valence-corrected chi connectivity index (χ2v) is 3.63. The van der Waals surface area contributed by atoms with E-state index in [-0.39, 0.29) is 0 Å². The molecule has 0 N–H and O–H groups in total. The van der Waals surface area contributed by atoms with E-state index in [0.717, 1.165) is 18.3 Å². The fourth-order valence-electron chi connectivity index (χ4n) is 1.25. The molecule has 0 aromatic heterocycles. The summed E-state index contributed by atoms with van der Waals surface area (Å²) in [6.07, 6.45) is 7.93. The maximum atomic E-state index is 5.69. The fourth-order valence-corrected chi connectivity index (χ4v) is 1.58. The molecule has 2 heteroatoms. The Morgan fingerprint density at radius 3 is 3.10 bits per heavy atom.